The highest BCUT2D eigenvalue weighted by Crippen LogP contribution is 2.13. The maximum atomic E-state index is 12.0. The molecule has 0 unspecified atom stereocenters. The summed E-state index contributed by atoms with van der Waals surface area (Å²) in [6, 6.07) is 8.24. The largest absolute Gasteiger partial charge is 0.481 e. The Kier molecular flexibility index (Phi) is 6.02. The van der Waals surface area contributed by atoms with Gasteiger partial charge in [-0.05, 0) is 12.1 Å². The van der Waals surface area contributed by atoms with Gasteiger partial charge in [-0.2, -0.15) is 0 Å². The molecular weight excluding hydrogens is 262 g/mol. The Hall–Kier alpha value is -2.57. The topological polar surface area (TPSA) is 113 Å². The molecule has 7 nitrogen and oxygen atoms in total. The van der Waals surface area contributed by atoms with E-state index in [9.17, 15) is 14.4 Å². The number of hydrogen-bond donors (Lipinski definition) is 3. The molecule has 3 amide bonds. The first-order chi connectivity index (χ1) is 9.50. The predicted octanol–water partition coefficient (Wildman–Crippen LogP) is 0.553. The number of carbonyl (C=O) groups is 3. The third-order valence-corrected chi connectivity index (χ3v) is 2.51. The van der Waals surface area contributed by atoms with Gasteiger partial charge in [-0.3, -0.25) is 14.5 Å². The van der Waals surface area contributed by atoms with Gasteiger partial charge in [0.05, 0.1) is 6.42 Å². The number of carboxylic acid groups (broad SMARTS) is 1. The molecule has 0 saturated heterocycles. The third kappa shape index (κ3) is 5.38. The maximum absolute atomic E-state index is 12.0. The predicted molar refractivity (Wildman–Crippen MR) is 73.3 cm³/mol. The fourth-order valence-corrected chi connectivity index (χ4v) is 1.55. The standard InChI is InChI=1S/C13H17N3O4/c14-11(17)6-8-15-13(20)16(9-7-12(18)19)10-4-2-1-3-5-10/h1-5H,6-9H2,(H2,14,17)(H,15,20)(H,18,19). The van der Waals surface area contributed by atoms with E-state index in [1.807, 2.05) is 0 Å². The molecule has 0 aromatic heterocycles. The SMILES string of the molecule is NC(=O)CCNC(=O)N(CCC(=O)O)c1ccccc1. The highest BCUT2D eigenvalue weighted by molar-refractivity contribution is 5.92. The number of urea groups is 1. The second-order valence-corrected chi connectivity index (χ2v) is 4.08. The van der Waals surface area contributed by atoms with Gasteiger partial charge in [0.15, 0.2) is 0 Å². The average molecular weight is 279 g/mol. The van der Waals surface area contributed by atoms with Crippen molar-refractivity contribution < 1.29 is 19.5 Å². The number of nitrogens with two attached hydrogens (primary N) is 1. The van der Waals surface area contributed by atoms with Crippen LogP contribution in [0.25, 0.3) is 0 Å². The lowest BCUT2D eigenvalue weighted by molar-refractivity contribution is -0.136. The molecule has 0 aliphatic rings. The van der Waals surface area contributed by atoms with E-state index >= 15 is 0 Å². The number of nitrogens with zero attached hydrogens (tertiary/aromatic N) is 1. The molecule has 0 spiro atoms. The van der Waals surface area contributed by atoms with Crippen LogP contribution < -0.4 is 16.0 Å². The number of rotatable bonds is 7. The second kappa shape index (κ2) is 7.78. The monoisotopic (exact) mass is 279 g/mol. The van der Waals surface area contributed by atoms with E-state index in [-0.39, 0.29) is 25.9 Å². The van der Waals surface area contributed by atoms with Crippen molar-refractivity contribution in [1.82, 2.24) is 5.32 Å². The van der Waals surface area contributed by atoms with Crippen LogP contribution in [0, 0.1) is 0 Å². The molecule has 7 heteroatoms. The summed E-state index contributed by atoms with van der Waals surface area (Å²) in [7, 11) is 0. The molecule has 0 saturated carbocycles. The van der Waals surface area contributed by atoms with Crippen LogP contribution in [0.5, 0.6) is 0 Å². The lowest BCUT2D eigenvalue weighted by Gasteiger charge is -2.22. The average Bonchev–Trinajstić information content (AvgIpc) is 2.39. The summed E-state index contributed by atoms with van der Waals surface area (Å²) < 4.78 is 0. The number of anilines is 1. The zero-order valence-corrected chi connectivity index (χ0v) is 10.9. The van der Waals surface area contributed by atoms with Crippen molar-refractivity contribution in [2.45, 2.75) is 12.8 Å². The quantitative estimate of drug-likeness (QED) is 0.676. The third-order valence-electron chi connectivity index (χ3n) is 2.51. The van der Waals surface area contributed by atoms with Crippen LogP contribution in [-0.4, -0.2) is 36.1 Å². The zero-order chi connectivity index (χ0) is 15.0. The van der Waals surface area contributed by atoms with Crippen LogP contribution in [0.15, 0.2) is 30.3 Å². The molecular formula is C13H17N3O4. The van der Waals surface area contributed by atoms with Crippen LogP contribution in [0.3, 0.4) is 0 Å². The van der Waals surface area contributed by atoms with Gasteiger partial charge >= 0.3 is 12.0 Å². The van der Waals surface area contributed by atoms with Crippen LogP contribution in [-0.2, 0) is 9.59 Å². The Morgan fingerprint density at radius 2 is 1.80 bits per heavy atom. The molecule has 108 valence electrons. The van der Waals surface area contributed by atoms with Crippen LogP contribution in [0.4, 0.5) is 10.5 Å². The van der Waals surface area contributed by atoms with Crippen LogP contribution >= 0.6 is 0 Å². The zero-order valence-electron chi connectivity index (χ0n) is 10.9. The van der Waals surface area contributed by atoms with Gasteiger partial charge in [-0.1, -0.05) is 18.2 Å². The van der Waals surface area contributed by atoms with E-state index in [0.717, 1.165) is 0 Å². The Morgan fingerprint density at radius 1 is 1.15 bits per heavy atom. The summed E-state index contributed by atoms with van der Waals surface area (Å²) in [5, 5.41) is 11.2. The van der Waals surface area contributed by atoms with Crippen molar-refractivity contribution in [3.63, 3.8) is 0 Å². The molecule has 1 rings (SSSR count). The smallest absolute Gasteiger partial charge is 0.321 e. The number of carbonyl (C=O) groups excluding carboxylic acids is 2. The summed E-state index contributed by atoms with van der Waals surface area (Å²) in [6.07, 6.45) is -0.133. The van der Waals surface area contributed by atoms with Crippen molar-refractivity contribution in [2.75, 3.05) is 18.0 Å². The molecule has 0 heterocycles. The molecule has 1 aromatic carbocycles. The molecule has 0 radical (unpaired) electrons. The maximum Gasteiger partial charge on any atom is 0.321 e. The Balaban J connectivity index is 2.69. The second-order valence-electron chi connectivity index (χ2n) is 4.08. The first-order valence-electron chi connectivity index (χ1n) is 6.11. The molecule has 0 aliphatic heterocycles. The van der Waals surface area contributed by atoms with Gasteiger partial charge in [0, 0.05) is 25.2 Å². The van der Waals surface area contributed by atoms with E-state index in [4.69, 9.17) is 10.8 Å². The molecule has 4 N–H and O–H groups in total. The molecule has 0 fully saturated rings. The van der Waals surface area contributed by atoms with Crippen molar-refractivity contribution in [3.8, 4) is 0 Å². The van der Waals surface area contributed by atoms with Gasteiger partial charge in [0.1, 0.15) is 0 Å². The fraction of sp³-hybridized carbons (Fsp3) is 0.308. The summed E-state index contributed by atoms with van der Waals surface area (Å²) in [6.45, 7) is 0.159. The van der Waals surface area contributed by atoms with Crippen molar-refractivity contribution in [3.05, 3.63) is 30.3 Å². The number of primary amides is 1. The molecule has 0 aliphatic carbocycles. The van der Waals surface area contributed by atoms with Gasteiger partial charge in [-0.15, -0.1) is 0 Å². The van der Waals surface area contributed by atoms with Crippen molar-refractivity contribution >= 4 is 23.6 Å². The van der Waals surface area contributed by atoms with Gasteiger partial charge < -0.3 is 16.2 Å². The van der Waals surface area contributed by atoms with Gasteiger partial charge in [-0.25, -0.2) is 4.79 Å². The first kappa shape index (κ1) is 15.5. The number of para-hydroxylation sites is 1. The van der Waals surface area contributed by atoms with E-state index in [2.05, 4.69) is 5.32 Å². The van der Waals surface area contributed by atoms with Crippen LogP contribution in [0.1, 0.15) is 12.8 Å². The molecule has 20 heavy (non-hydrogen) atoms. The van der Waals surface area contributed by atoms with E-state index in [0.29, 0.717) is 5.69 Å². The minimum Gasteiger partial charge on any atom is -0.481 e. The van der Waals surface area contributed by atoms with Crippen molar-refractivity contribution in [2.24, 2.45) is 5.73 Å². The van der Waals surface area contributed by atoms with Gasteiger partial charge in [0.2, 0.25) is 5.91 Å². The summed E-state index contributed by atoms with van der Waals surface area (Å²) in [5.41, 5.74) is 5.57. The normalized spacial score (nSPS) is 9.80. The Morgan fingerprint density at radius 3 is 2.35 bits per heavy atom. The minimum absolute atomic E-state index is 0.0350. The lowest BCUT2D eigenvalue weighted by Crippen LogP contribution is -2.42. The fourth-order valence-electron chi connectivity index (χ4n) is 1.55. The number of nitrogens with one attached hydrogen (secondary N) is 1. The van der Waals surface area contributed by atoms with E-state index in [1.165, 1.54) is 4.90 Å². The molecule has 1 aromatic rings. The summed E-state index contributed by atoms with van der Waals surface area (Å²) >= 11 is 0. The Labute approximate surface area is 116 Å². The highest BCUT2D eigenvalue weighted by atomic mass is 16.4. The molecule has 0 bridgehead atoms. The van der Waals surface area contributed by atoms with Crippen LogP contribution in [0.2, 0.25) is 0 Å². The number of carboxylic acids is 1. The number of hydrogen-bond acceptors (Lipinski definition) is 3. The van der Waals surface area contributed by atoms with E-state index < -0.39 is 17.9 Å². The summed E-state index contributed by atoms with van der Waals surface area (Å²) in [5.74, 6) is -1.50. The Bertz CT molecular complexity index is 476. The number of amides is 3. The first-order valence-corrected chi connectivity index (χ1v) is 6.11. The summed E-state index contributed by atoms with van der Waals surface area (Å²) in [4.78, 5) is 34.6. The highest BCUT2D eigenvalue weighted by Gasteiger charge is 2.16. The molecule has 0 atom stereocenters. The minimum atomic E-state index is -0.990. The van der Waals surface area contributed by atoms with Gasteiger partial charge in [0.25, 0.3) is 0 Å². The number of aliphatic carboxylic acids is 1. The number of benzene rings is 1. The lowest BCUT2D eigenvalue weighted by atomic mass is 10.2. The van der Waals surface area contributed by atoms with E-state index in [1.54, 1.807) is 30.3 Å². The van der Waals surface area contributed by atoms with Crippen molar-refractivity contribution in [1.29, 1.82) is 0 Å².